The Morgan fingerprint density at radius 2 is 2.18 bits per heavy atom. The SMILES string of the molecule is CCC1CCCCN1CC(NC1CC1)C(=O)O. The molecule has 1 saturated heterocycles. The lowest BCUT2D eigenvalue weighted by Crippen LogP contribution is -2.51. The number of carbonyl (C=O) groups is 1. The molecule has 98 valence electrons. The maximum absolute atomic E-state index is 11.2. The molecule has 0 aromatic carbocycles. The van der Waals surface area contributed by atoms with Crippen LogP contribution in [0.15, 0.2) is 0 Å². The molecule has 2 unspecified atom stereocenters. The van der Waals surface area contributed by atoms with Crippen molar-refractivity contribution in [3.8, 4) is 0 Å². The lowest BCUT2D eigenvalue weighted by atomic mass is 9.99. The first-order valence-electron chi connectivity index (χ1n) is 6.93. The van der Waals surface area contributed by atoms with Crippen molar-refractivity contribution in [3.63, 3.8) is 0 Å². The average molecular weight is 240 g/mol. The largest absolute Gasteiger partial charge is 0.480 e. The van der Waals surface area contributed by atoms with Gasteiger partial charge in [0.05, 0.1) is 0 Å². The Bertz CT molecular complexity index is 266. The summed E-state index contributed by atoms with van der Waals surface area (Å²) in [6, 6.07) is 0.669. The van der Waals surface area contributed by atoms with Crippen LogP contribution < -0.4 is 5.32 Å². The van der Waals surface area contributed by atoms with Crippen molar-refractivity contribution in [3.05, 3.63) is 0 Å². The number of likely N-dealkylation sites (tertiary alicyclic amines) is 1. The van der Waals surface area contributed by atoms with E-state index in [1.165, 1.54) is 19.3 Å². The van der Waals surface area contributed by atoms with Crippen LogP contribution in [0.4, 0.5) is 0 Å². The predicted octanol–water partition coefficient (Wildman–Crippen LogP) is 1.46. The highest BCUT2D eigenvalue weighted by atomic mass is 16.4. The van der Waals surface area contributed by atoms with Gasteiger partial charge in [-0.1, -0.05) is 13.3 Å². The van der Waals surface area contributed by atoms with E-state index < -0.39 is 5.97 Å². The topological polar surface area (TPSA) is 52.6 Å². The quantitative estimate of drug-likeness (QED) is 0.738. The molecule has 2 fully saturated rings. The molecular formula is C13H24N2O2. The highest BCUT2D eigenvalue weighted by Crippen LogP contribution is 2.22. The second kappa shape index (κ2) is 5.83. The number of rotatable bonds is 6. The summed E-state index contributed by atoms with van der Waals surface area (Å²) in [4.78, 5) is 13.6. The van der Waals surface area contributed by atoms with Crippen LogP contribution in [0.1, 0.15) is 45.4 Å². The molecule has 0 bridgehead atoms. The third-order valence-corrected chi connectivity index (χ3v) is 3.95. The smallest absolute Gasteiger partial charge is 0.322 e. The molecule has 0 amide bonds. The van der Waals surface area contributed by atoms with E-state index in [4.69, 9.17) is 0 Å². The van der Waals surface area contributed by atoms with Crippen molar-refractivity contribution in [2.45, 2.75) is 63.6 Å². The first-order valence-corrected chi connectivity index (χ1v) is 6.93. The minimum Gasteiger partial charge on any atom is -0.480 e. The van der Waals surface area contributed by atoms with Crippen LogP contribution in [0.5, 0.6) is 0 Å². The molecule has 0 spiro atoms. The van der Waals surface area contributed by atoms with Crippen LogP contribution in [-0.4, -0.2) is 47.2 Å². The number of carboxylic acids is 1. The molecule has 2 aliphatic rings. The van der Waals surface area contributed by atoms with E-state index in [0.29, 0.717) is 18.6 Å². The normalized spacial score (nSPS) is 27.9. The fourth-order valence-electron chi connectivity index (χ4n) is 2.73. The summed E-state index contributed by atoms with van der Waals surface area (Å²) >= 11 is 0. The van der Waals surface area contributed by atoms with E-state index in [0.717, 1.165) is 25.8 Å². The first kappa shape index (κ1) is 12.8. The van der Waals surface area contributed by atoms with E-state index in [-0.39, 0.29) is 6.04 Å². The fourth-order valence-corrected chi connectivity index (χ4v) is 2.73. The minimum atomic E-state index is -0.697. The van der Waals surface area contributed by atoms with E-state index in [1.807, 2.05) is 0 Å². The molecule has 2 rings (SSSR count). The third-order valence-electron chi connectivity index (χ3n) is 3.95. The molecule has 4 heteroatoms. The van der Waals surface area contributed by atoms with E-state index in [9.17, 15) is 9.90 Å². The maximum Gasteiger partial charge on any atom is 0.322 e. The Hall–Kier alpha value is -0.610. The molecule has 4 nitrogen and oxygen atoms in total. The van der Waals surface area contributed by atoms with Crippen LogP contribution in [0.25, 0.3) is 0 Å². The second-order valence-electron chi connectivity index (χ2n) is 5.38. The Balaban J connectivity index is 1.87. The van der Waals surface area contributed by atoms with Gasteiger partial charge < -0.3 is 10.4 Å². The van der Waals surface area contributed by atoms with Crippen LogP contribution in [0.3, 0.4) is 0 Å². The van der Waals surface area contributed by atoms with Crippen LogP contribution >= 0.6 is 0 Å². The van der Waals surface area contributed by atoms with Crippen molar-refractivity contribution >= 4 is 5.97 Å². The van der Waals surface area contributed by atoms with Crippen molar-refractivity contribution in [1.29, 1.82) is 0 Å². The molecular weight excluding hydrogens is 216 g/mol. The van der Waals surface area contributed by atoms with Crippen LogP contribution in [-0.2, 0) is 4.79 Å². The first-order chi connectivity index (χ1) is 8.20. The number of aliphatic carboxylic acids is 1. The van der Waals surface area contributed by atoms with Crippen molar-refractivity contribution in [2.24, 2.45) is 0 Å². The zero-order valence-corrected chi connectivity index (χ0v) is 10.7. The van der Waals surface area contributed by atoms with Gasteiger partial charge in [0.25, 0.3) is 0 Å². The number of piperidine rings is 1. The summed E-state index contributed by atoms with van der Waals surface area (Å²) in [5.74, 6) is -0.697. The number of nitrogens with zero attached hydrogens (tertiary/aromatic N) is 1. The van der Waals surface area contributed by atoms with Crippen molar-refractivity contribution in [1.82, 2.24) is 10.2 Å². The van der Waals surface area contributed by atoms with E-state index in [1.54, 1.807) is 0 Å². The van der Waals surface area contributed by atoms with Crippen molar-refractivity contribution < 1.29 is 9.90 Å². The highest BCUT2D eigenvalue weighted by Gasteiger charge is 2.31. The highest BCUT2D eigenvalue weighted by molar-refractivity contribution is 5.73. The summed E-state index contributed by atoms with van der Waals surface area (Å²) in [6.07, 6.45) is 7.15. The summed E-state index contributed by atoms with van der Waals surface area (Å²) in [7, 11) is 0. The van der Waals surface area contributed by atoms with E-state index in [2.05, 4.69) is 17.1 Å². The van der Waals surface area contributed by atoms with E-state index >= 15 is 0 Å². The van der Waals surface area contributed by atoms with Gasteiger partial charge in [0.15, 0.2) is 0 Å². The molecule has 2 atom stereocenters. The molecule has 0 radical (unpaired) electrons. The summed E-state index contributed by atoms with van der Waals surface area (Å²) < 4.78 is 0. The number of hydrogen-bond donors (Lipinski definition) is 2. The van der Waals surface area contributed by atoms with Gasteiger partial charge in [0, 0.05) is 18.6 Å². The van der Waals surface area contributed by atoms with Gasteiger partial charge in [-0.25, -0.2) is 0 Å². The lowest BCUT2D eigenvalue weighted by Gasteiger charge is -2.36. The second-order valence-corrected chi connectivity index (χ2v) is 5.38. The van der Waals surface area contributed by atoms with Gasteiger partial charge in [-0.3, -0.25) is 9.69 Å². The molecule has 0 aromatic heterocycles. The Morgan fingerprint density at radius 1 is 1.41 bits per heavy atom. The predicted molar refractivity (Wildman–Crippen MR) is 67.1 cm³/mol. The summed E-state index contributed by atoms with van der Waals surface area (Å²) in [6.45, 7) is 3.94. The Morgan fingerprint density at radius 3 is 2.76 bits per heavy atom. The summed E-state index contributed by atoms with van der Waals surface area (Å²) in [5, 5.41) is 12.5. The summed E-state index contributed by atoms with van der Waals surface area (Å²) in [5.41, 5.74) is 0. The minimum absolute atomic E-state index is 0.380. The molecule has 0 aromatic rings. The molecule has 1 heterocycles. The van der Waals surface area contributed by atoms with Crippen LogP contribution in [0, 0.1) is 0 Å². The van der Waals surface area contributed by atoms with Crippen LogP contribution in [0.2, 0.25) is 0 Å². The Kier molecular flexibility index (Phi) is 4.40. The number of hydrogen-bond acceptors (Lipinski definition) is 3. The maximum atomic E-state index is 11.2. The fraction of sp³-hybridized carbons (Fsp3) is 0.923. The zero-order chi connectivity index (χ0) is 12.3. The average Bonchev–Trinajstić information content (AvgIpc) is 3.12. The van der Waals surface area contributed by atoms with Gasteiger partial charge in [0.1, 0.15) is 6.04 Å². The van der Waals surface area contributed by atoms with Gasteiger partial charge in [0.2, 0.25) is 0 Å². The monoisotopic (exact) mass is 240 g/mol. The lowest BCUT2D eigenvalue weighted by molar-refractivity contribution is -0.140. The number of nitrogens with one attached hydrogen (secondary N) is 1. The molecule has 1 aliphatic heterocycles. The molecule has 1 saturated carbocycles. The van der Waals surface area contributed by atoms with Gasteiger partial charge in [-0.05, 0) is 38.6 Å². The van der Waals surface area contributed by atoms with Gasteiger partial charge >= 0.3 is 5.97 Å². The van der Waals surface area contributed by atoms with Gasteiger partial charge in [-0.15, -0.1) is 0 Å². The molecule has 17 heavy (non-hydrogen) atoms. The Labute approximate surface area is 103 Å². The van der Waals surface area contributed by atoms with Crippen molar-refractivity contribution in [2.75, 3.05) is 13.1 Å². The third kappa shape index (κ3) is 3.68. The molecule has 1 aliphatic carbocycles. The standard InChI is InChI=1S/C13H24N2O2/c1-2-11-5-3-4-8-15(11)9-12(13(16)17)14-10-6-7-10/h10-12,14H,2-9H2,1H3,(H,16,17). The number of carboxylic acid groups (broad SMARTS) is 1. The van der Waals surface area contributed by atoms with Gasteiger partial charge in [-0.2, -0.15) is 0 Å². The molecule has 2 N–H and O–H groups in total. The zero-order valence-electron chi connectivity index (χ0n) is 10.7.